The zero-order valence-corrected chi connectivity index (χ0v) is 22.1. The number of nitrogens with zero attached hydrogens (tertiary/aromatic N) is 2. The second kappa shape index (κ2) is 14.5. The highest BCUT2D eigenvalue weighted by Crippen LogP contribution is 2.28. The van der Waals surface area contributed by atoms with Crippen LogP contribution in [0, 0.1) is 11.6 Å². The van der Waals surface area contributed by atoms with Gasteiger partial charge in [0.05, 0.1) is 5.25 Å². The Balaban J connectivity index is 1.15. The van der Waals surface area contributed by atoms with E-state index in [0.29, 0.717) is 12.3 Å². The lowest BCUT2D eigenvalue weighted by Crippen LogP contribution is -2.48. The van der Waals surface area contributed by atoms with Gasteiger partial charge in [-0.15, -0.1) is 0 Å². The van der Waals surface area contributed by atoms with Crippen molar-refractivity contribution in [3.8, 4) is 0 Å². The highest BCUT2D eigenvalue weighted by molar-refractivity contribution is 7.85. The second-order valence-corrected chi connectivity index (χ2v) is 11.2. The van der Waals surface area contributed by atoms with E-state index in [-0.39, 0.29) is 11.6 Å². The maximum absolute atomic E-state index is 13.4. The standard InChI is InChI=1S/C30H37F2N3OS/c31-28-12-8-26(9-13-28)30(27-10-14-29(32)15-11-27)37(36)24-17-33-16-19-35-22-20-34(21-23-35)18-4-7-25-5-2-1-3-6-25/h1-3,5-6,8-15,30,33H,4,7,16-24H2. The zero-order chi connectivity index (χ0) is 25.9. The van der Waals surface area contributed by atoms with Crippen LogP contribution in [-0.2, 0) is 17.2 Å². The molecule has 198 valence electrons. The quantitative estimate of drug-likeness (QED) is 0.330. The highest BCUT2D eigenvalue weighted by Gasteiger charge is 2.21. The Morgan fingerprint density at radius 3 is 1.84 bits per heavy atom. The van der Waals surface area contributed by atoms with Crippen molar-refractivity contribution in [2.75, 3.05) is 58.1 Å². The lowest BCUT2D eigenvalue weighted by molar-refractivity contribution is 0.132. The van der Waals surface area contributed by atoms with Gasteiger partial charge in [-0.2, -0.15) is 0 Å². The fourth-order valence-electron chi connectivity index (χ4n) is 4.81. The van der Waals surface area contributed by atoms with Gasteiger partial charge < -0.3 is 10.2 Å². The van der Waals surface area contributed by atoms with Gasteiger partial charge in [0.15, 0.2) is 0 Å². The summed E-state index contributed by atoms with van der Waals surface area (Å²) in [5, 5.41) is 3.02. The molecule has 1 atom stereocenters. The van der Waals surface area contributed by atoms with Gasteiger partial charge in [-0.1, -0.05) is 54.6 Å². The molecule has 4 nitrogen and oxygen atoms in total. The van der Waals surface area contributed by atoms with E-state index in [0.717, 1.165) is 63.4 Å². The van der Waals surface area contributed by atoms with Crippen LogP contribution in [0.2, 0.25) is 0 Å². The third-order valence-corrected chi connectivity index (χ3v) is 8.62. The molecule has 1 N–H and O–H groups in total. The Morgan fingerprint density at radius 2 is 1.27 bits per heavy atom. The van der Waals surface area contributed by atoms with Crippen LogP contribution < -0.4 is 5.32 Å². The Kier molecular flexibility index (Phi) is 10.8. The van der Waals surface area contributed by atoms with Gasteiger partial charge in [0.1, 0.15) is 11.6 Å². The van der Waals surface area contributed by atoms with Crippen molar-refractivity contribution in [1.29, 1.82) is 0 Å². The molecule has 0 aromatic heterocycles. The van der Waals surface area contributed by atoms with Gasteiger partial charge in [-0.25, -0.2) is 8.78 Å². The molecule has 1 fully saturated rings. The molecule has 0 radical (unpaired) electrons. The number of halogens is 2. The molecule has 1 aliphatic rings. The van der Waals surface area contributed by atoms with E-state index in [4.69, 9.17) is 0 Å². The van der Waals surface area contributed by atoms with Crippen molar-refractivity contribution in [3.05, 3.63) is 107 Å². The summed E-state index contributed by atoms with van der Waals surface area (Å²) in [5.74, 6) is -0.196. The minimum atomic E-state index is -1.23. The third-order valence-electron chi connectivity index (χ3n) is 6.94. The summed E-state index contributed by atoms with van der Waals surface area (Å²) in [6, 6.07) is 22.8. The monoisotopic (exact) mass is 525 g/mol. The van der Waals surface area contributed by atoms with E-state index in [1.807, 2.05) is 0 Å². The van der Waals surface area contributed by atoms with Crippen molar-refractivity contribution >= 4 is 10.8 Å². The van der Waals surface area contributed by atoms with Crippen LogP contribution in [0.3, 0.4) is 0 Å². The molecule has 1 aliphatic heterocycles. The molecule has 0 spiro atoms. The molecule has 0 amide bonds. The zero-order valence-electron chi connectivity index (χ0n) is 21.3. The van der Waals surface area contributed by atoms with E-state index < -0.39 is 16.0 Å². The van der Waals surface area contributed by atoms with Crippen LogP contribution in [0.15, 0.2) is 78.9 Å². The van der Waals surface area contributed by atoms with Crippen molar-refractivity contribution in [3.63, 3.8) is 0 Å². The Morgan fingerprint density at radius 1 is 0.730 bits per heavy atom. The van der Waals surface area contributed by atoms with Gasteiger partial charge in [0.2, 0.25) is 0 Å². The van der Waals surface area contributed by atoms with Crippen molar-refractivity contribution in [2.45, 2.75) is 18.1 Å². The van der Waals surface area contributed by atoms with Crippen molar-refractivity contribution < 1.29 is 13.0 Å². The summed E-state index contributed by atoms with van der Waals surface area (Å²) >= 11 is 0. The molecule has 0 saturated carbocycles. The molecule has 3 aromatic rings. The van der Waals surface area contributed by atoms with Crippen LogP contribution in [0.1, 0.15) is 28.4 Å². The summed E-state index contributed by atoms with van der Waals surface area (Å²) in [7, 11) is -1.23. The number of hydrogen-bond donors (Lipinski definition) is 1. The average Bonchev–Trinajstić information content (AvgIpc) is 2.92. The lowest BCUT2D eigenvalue weighted by Gasteiger charge is -2.34. The summed E-state index contributed by atoms with van der Waals surface area (Å²) in [5.41, 5.74) is 2.95. The topological polar surface area (TPSA) is 35.6 Å². The molecule has 1 heterocycles. The van der Waals surface area contributed by atoms with Gasteiger partial charge in [-0.3, -0.25) is 9.11 Å². The predicted octanol–water partition coefficient (Wildman–Crippen LogP) is 4.64. The van der Waals surface area contributed by atoms with E-state index in [9.17, 15) is 13.0 Å². The smallest absolute Gasteiger partial charge is 0.123 e. The maximum atomic E-state index is 13.4. The lowest BCUT2D eigenvalue weighted by atomic mass is 10.0. The Hall–Kier alpha value is -2.45. The van der Waals surface area contributed by atoms with Gasteiger partial charge in [0, 0.05) is 62.4 Å². The molecule has 7 heteroatoms. The first-order chi connectivity index (χ1) is 18.1. The summed E-state index contributed by atoms with van der Waals surface area (Å²) in [6.45, 7) is 7.98. The fourth-order valence-corrected chi connectivity index (χ4v) is 6.31. The first-order valence-electron chi connectivity index (χ1n) is 13.2. The summed E-state index contributed by atoms with van der Waals surface area (Å²) < 4.78 is 40.2. The number of piperazine rings is 1. The molecule has 3 aromatic carbocycles. The van der Waals surface area contributed by atoms with Gasteiger partial charge in [-0.05, 0) is 60.3 Å². The van der Waals surface area contributed by atoms with Crippen LogP contribution in [0.5, 0.6) is 0 Å². The van der Waals surface area contributed by atoms with Crippen molar-refractivity contribution in [2.24, 2.45) is 0 Å². The number of aryl methyl sites for hydroxylation is 1. The van der Waals surface area contributed by atoms with Gasteiger partial charge >= 0.3 is 0 Å². The predicted molar refractivity (Wildman–Crippen MR) is 148 cm³/mol. The van der Waals surface area contributed by atoms with E-state index in [1.54, 1.807) is 24.3 Å². The Bertz CT molecular complexity index is 1040. The minimum absolute atomic E-state index is 0.331. The third kappa shape index (κ3) is 8.82. The van der Waals surface area contributed by atoms with Gasteiger partial charge in [0.25, 0.3) is 0 Å². The molecule has 1 unspecified atom stereocenters. The largest absolute Gasteiger partial charge is 0.315 e. The Labute approximate surface area is 222 Å². The van der Waals surface area contributed by atoms with Crippen molar-refractivity contribution in [1.82, 2.24) is 15.1 Å². The number of nitrogens with one attached hydrogen (secondary N) is 1. The first-order valence-corrected chi connectivity index (χ1v) is 14.5. The second-order valence-electron chi connectivity index (χ2n) is 9.59. The van der Waals surface area contributed by atoms with Crippen LogP contribution in [0.4, 0.5) is 8.78 Å². The molecule has 0 bridgehead atoms. The summed E-state index contributed by atoms with van der Waals surface area (Å²) in [6.07, 6.45) is 2.33. The van der Waals surface area contributed by atoms with E-state index >= 15 is 0 Å². The molecule has 37 heavy (non-hydrogen) atoms. The SMILES string of the molecule is O=S(CCNCCN1CCN(CCCc2ccccc2)CC1)C(c1ccc(F)cc1)c1ccc(F)cc1. The molecule has 4 rings (SSSR count). The summed E-state index contributed by atoms with van der Waals surface area (Å²) in [4.78, 5) is 5.04. The van der Waals surface area contributed by atoms with Crippen LogP contribution in [0.25, 0.3) is 0 Å². The van der Waals surface area contributed by atoms with Crippen LogP contribution in [-0.4, -0.2) is 72.1 Å². The average molecular weight is 526 g/mol. The molecule has 1 saturated heterocycles. The normalized spacial score (nSPS) is 15.8. The highest BCUT2D eigenvalue weighted by atomic mass is 32.2. The number of rotatable bonds is 13. The maximum Gasteiger partial charge on any atom is 0.123 e. The minimum Gasteiger partial charge on any atom is -0.315 e. The number of hydrogen-bond acceptors (Lipinski definition) is 4. The van der Waals surface area contributed by atoms with E-state index in [2.05, 4.69) is 45.4 Å². The molecule has 0 aliphatic carbocycles. The molecular formula is C30H37F2N3OS. The number of benzene rings is 3. The van der Waals surface area contributed by atoms with Crippen LogP contribution >= 0.6 is 0 Å². The molecular weight excluding hydrogens is 488 g/mol. The first kappa shape index (κ1) is 27.6. The fraction of sp³-hybridized carbons (Fsp3) is 0.400. The van der Waals surface area contributed by atoms with E-state index in [1.165, 1.54) is 36.2 Å².